The number of likely N-dealkylation sites (tertiary alicyclic amines) is 1. The summed E-state index contributed by atoms with van der Waals surface area (Å²) in [5, 5.41) is 9.63. The zero-order valence-electron chi connectivity index (χ0n) is 13.1. The van der Waals surface area contributed by atoms with Gasteiger partial charge in [0.1, 0.15) is 11.6 Å². The van der Waals surface area contributed by atoms with E-state index in [4.69, 9.17) is 0 Å². The van der Waals surface area contributed by atoms with Gasteiger partial charge in [-0.25, -0.2) is 8.78 Å². The number of carbonyl (C=O) groups is 2. The quantitative estimate of drug-likeness (QED) is 0.847. The van der Waals surface area contributed by atoms with Crippen LogP contribution in [0, 0.1) is 17.6 Å². The van der Waals surface area contributed by atoms with Gasteiger partial charge in [0, 0.05) is 37.9 Å². The van der Waals surface area contributed by atoms with Crippen LogP contribution in [0.4, 0.5) is 8.78 Å². The Morgan fingerprint density at radius 1 is 1.35 bits per heavy atom. The third-order valence-corrected chi connectivity index (χ3v) is 4.29. The Morgan fingerprint density at radius 2 is 2.09 bits per heavy atom. The lowest BCUT2D eigenvalue weighted by Crippen LogP contribution is -2.43. The Balaban J connectivity index is 1.89. The summed E-state index contributed by atoms with van der Waals surface area (Å²) >= 11 is 0. The van der Waals surface area contributed by atoms with Crippen molar-refractivity contribution in [1.29, 1.82) is 0 Å². The van der Waals surface area contributed by atoms with Gasteiger partial charge >= 0.3 is 0 Å². The van der Waals surface area contributed by atoms with Crippen LogP contribution in [-0.2, 0) is 4.79 Å². The topological polar surface area (TPSA) is 57.6 Å². The predicted molar refractivity (Wildman–Crippen MR) is 80.9 cm³/mol. The number of Topliss-reactive ketones (excluding diaryl/α,β-unsaturated/α-hetero) is 1. The summed E-state index contributed by atoms with van der Waals surface area (Å²) in [5.41, 5.74) is -0.195. The maximum atomic E-state index is 13.5. The zero-order chi connectivity index (χ0) is 17.0. The van der Waals surface area contributed by atoms with E-state index in [-0.39, 0.29) is 30.2 Å². The number of carbonyl (C=O) groups excluding carboxylic acids is 2. The molecule has 126 valence electrons. The van der Waals surface area contributed by atoms with E-state index in [1.54, 1.807) is 11.8 Å². The van der Waals surface area contributed by atoms with Gasteiger partial charge in [-0.05, 0) is 31.9 Å². The van der Waals surface area contributed by atoms with E-state index >= 15 is 0 Å². The second kappa shape index (κ2) is 7.64. The number of benzene rings is 1. The SMILES string of the molecule is CC(O)C1CCCN(C(=O)CCC(=O)c2ccc(F)cc2F)C1. The summed E-state index contributed by atoms with van der Waals surface area (Å²) < 4.78 is 26.4. The van der Waals surface area contributed by atoms with E-state index in [1.807, 2.05) is 0 Å². The molecule has 0 spiro atoms. The standard InChI is InChI=1S/C17H21F2NO3/c1-11(21)12-3-2-8-20(10-12)17(23)7-6-16(22)14-5-4-13(18)9-15(14)19/h4-5,9,11-12,21H,2-3,6-8,10H2,1H3. The van der Waals surface area contributed by atoms with Crippen LogP contribution in [0.3, 0.4) is 0 Å². The smallest absolute Gasteiger partial charge is 0.223 e. The molecule has 1 aliphatic heterocycles. The summed E-state index contributed by atoms with van der Waals surface area (Å²) in [4.78, 5) is 25.8. The normalized spacial score (nSPS) is 19.5. The van der Waals surface area contributed by atoms with Gasteiger partial charge in [-0.2, -0.15) is 0 Å². The first-order valence-corrected chi connectivity index (χ1v) is 7.82. The van der Waals surface area contributed by atoms with Crippen molar-refractivity contribution in [1.82, 2.24) is 4.90 Å². The minimum atomic E-state index is -0.908. The van der Waals surface area contributed by atoms with Gasteiger partial charge < -0.3 is 10.0 Å². The first-order chi connectivity index (χ1) is 10.9. The summed E-state index contributed by atoms with van der Waals surface area (Å²) in [6.45, 7) is 2.80. The molecule has 0 bridgehead atoms. The van der Waals surface area contributed by atoms with Crippen molar-refractivity contribution >= 4 is 11.7 Å². The molecule has 2 rings (SSSR count). The molecular formula is C17H21F2NO3. The van der Waals surface area contributed by atoms with Gasteiger partial charge in [0.15, 0.2) is 5.78 Å². The van der Waals surface area contributed by atoms with Crippen molar-refractivity contribution in [3.05, 3.63) is 35.4 Å². The summed E-state index contributed by atoms with van der Waals surface area (Å²) in [6.07, 6.45) is 1.10. The average molecular weight is 325 g/mol. The van der Waals surface area contributed by atoms with Gasteiger partial charge in [-0.1, -0.05) is 0 Å². The first kappa shape index (κ1) is 17.5. The molecule has 1 aromatic carbocycles. The number of aliphatic hydroxyl groups is 1. The van der Waals surface area contributed by atoms with E-state index < -0.39 is 23.5 Å². The molecule has 0 aliphatic carbocycles. The molecule has 1 aliphatic rings. The molecule has 6 heteroatoms. The fourth-order valence-electron chi connectivity index (χ4n) is 2.86. The number of hydrogen-bond acceptors (Lipinski definition) is 3. The molecule has 4 nitrogen and oxygen atoms in total. The molecule has 2 unspecified atom stereocenters. The van der Waals surface area contributed by atoms with Crippen LogP contribution in [0.25, 0.3) is 0 Å². The minimum Gasteiger partial charge on any atom is -0.393 e. The molecule has 1 amide bonds. The monoisotopic (exact) mass is 325 g/mol. The van der Waals surface area contributed by atoms with Gasteiger partial charge in [0.2, 0.25) is 5.91 Å². The lowest BCUT2D eigenvalue weighted by atomic mass is 9.93. The van der Waals surface area contributed by atoms with E-state index in [0.29, 0.717) is 19.2 Å². The van der Waals surface area contributed by atoms with Crippen molar-refractivity contribution in [2.75, 3.05) is 13.1 Å². The number of rotatable bonds is 5. The minimum absolute atomic E-state index is 0.0117. The van der Waals surface area contributed by atoms with Crippen LogP contribution < -0.4 is 0 Å². The van der Waals surface area contributed by atoms with Crippen LogP contribution in [0.1, 0.15) is 43.0 Å². The summed E-state index contributed by atoms with van der Waals surface area (Å²) in [7, 11) is 0. The van der Waals surface area contributed by atoms with E-state index in [2.05, 4.69) is 0 Å². The zero-order valence-corrected chi connectivity index (χ0v) is 13.1. The van der Waals surface area contributed by atoms with Crippen LogP contribution in [0.15, 0.2) is 18.2 Å². The molecule has 2 atom stereocenters. The molecule has 1 N–H and O–H groups in total. The Kier molecular flexibility index (Phi) is 5.82. The third-order valence-electron chi connectivity index (χ3n) is 4.29. The van der Waals surface area contributed by atoms with Crippen molar-refractivity contribution in [2.45, 2.75) is 38.7 Å². The Morgan fingerprint density at radius 3 is 2.74 bits per heavy atom. The number of halogens is 2. The van der Waals surface area contributed by atoms with Crippen LogP contribution in [0.5, 0.6) is 0 Å². The molecular weight excluding hydrogens is 304 g/mol. The van der Waals surface area contributed by atoms with Crippen molar-refractivity contribution in [2.24, 2.45) is 5.92 Å². The molecule has 0 saturated carbocycles. The van der Waals surface area contributed by atoms with E-state index in [0.717, 1.165) is 25.0 Å². The fourth-order valence-corrected chi connectivity index (χ4v) is 2.86. The highest BCUT2D eigenvalue weighted by Crippen LogP contribution is 2.21. The van der Waals surface area contributed by atoms with Gasteiger partial charge in [0.25, 0.3) is 0 Å². The van der Waals surface area contributed by atoms with Crippen molar-refractivity contribution in [3.8, 4) is 0 Å². The molecule has 0 aromatic heterocycles. The van der Waals surface area contributed by atoms with Crippen LogP contribution in [-0.4, -0.2) is 40.9 Å². The molecule has 1 fully saturated rings. The van der Waals surface area contributed by atoms with Crippen molar-refractivity contribution in [3.63, 3.8) is 0 Å². The maximum Gasteiger partial charge on any atom is 0.223 e. The van der Waals surface area contributed by atoms with Gasteiger partial charge in [-0.3, -0.25) is 9.59 Å². The Labute approximate surface area is 134 Å². The number of amides is 1. The van der Waals surface area contributed by atoms with Gasteiger partial charge in [-0.15, -0.1) is 0 Å². The molecule has 23 heavy (non-hydrogen) atoms. The second-order valence-electron chi connectivity index (χ2n) is 6.03. The average Bonchev–Trinajstić information content (AvgIpc) is 2.52. The van der Waals surface area contributed by atoms with Gasteiger partial charge in [0.05, 0.1) is 11.7 Å². The van der Waals surface area contributed by atoms with Crippen LogP contribution >= 0.6 is 0 Å². The molecule has 1 saturated heterocycles. The van der Waals surface area contributed by atoms with E-state index in [9.17, 15) is 23.5 Å². The number of aliphatic hydroxyl groups excluding tert-OH is 1. The Hall–Kier alpha value is -1.82. The van der Waals surface area contributed by atoms with Crippen LogP contribution in [0.2, 0.25) is 0 Å². The van der Waals surface area contributed by atoms with E-state index in [1.165, 1.54) is 0 Å². The first-order valence-electron chi connectivity index (χ1n) is 7.82. The highest BCUT2D eigenvalue weighted by atomic mass is 19.1. The highest BCUT2D eigenvalue weighted by Gasteiger charge is 2.26. The maximum absolute atomic E-state index is 13.5. The van der Waals surface area contributed by atoms with Crippen molar-refractivity contribution < 1.29 is 23.5 Å². The number of nitrogens with zero attached hydrogens (tertiary/aromatic N) is 1. The Bertz CT molecular complexity index is 589. The number of piperidine rings is 1. The fraction of sp³-hybridized carbons (Fsp3) is 0.529. The largest absolute Gasteiger partial charge is 0.393 e. The molecule has 0 radical (unpaired) electrons. The second-order valence-corrected chi connectivity index (χ2v) is 6.03. The summed E-state index contributed by atoms with van der Waals surface area (Å²) in [6, 6.07) is 2.78. The number of ketones is 1. The number of hydrogen-bond donors (Lipinski definition) is 1. The lowest BCUT2D eigenvalue weighted by Gasteiger charge is -2.34. The lowest BCUT2D eigenvalue weighted by molar-refractivity contribution is -0.133. The molecule has 1 aromatic rings. The third kappa shape index (κ3) is 4.58. The highest BCUT2D eigenvalue weighted by molar-refractivity contribution is 5.98. The molecule has 1 heterocycles. The predicted octanol–water partition coefficient (Wildman–Crippen LogP) is 2.55. The summed E-state index contributed by atoms with van der Waals surface area (Å²) in [5.74, 6) is -2.29.